The fraction of sp³-hybridized carbons (Fsp3) is 0.538. The van der Waals surface area contributed by atoms with Gasteiger partial charge in [-0.3, -0.25) is 0 Å². The summed E-state index contributed by atoms with van der Waals surface area (Å²) in [5, 5.41) is 0. The average molecular weight is 239 g/mol. The highest BCUT2D eigenvalue weighted by Gasteiger charge is 2.15. The molecule has 0 aromatic heterocycles. The van der Waals surface area contributed by atoms with E-state index in [1.165, 1.54) is 0 Å². The Morgan fingerprint density at radius 1 is 1.12 bits per heavy atom. The van der Waals surface area contributed by atoms with Crippen molar-refractivity contribution in [2.75, 3.05) is 27.9 Å². The summed E-state index contributed by atoms with van der Waals surface area (Å²) in [5.74, 6) is 1.82. The first-order valence-electron chi connectivity index (χ1n) is 5.61. The molecule has 0 heterocycles. The number of benzene rings is 1. The van der Waals surface area contributed by atoms with Crippen molar-refractivity contribution in [3.05, 3.63) is 23.3 Å². The molecule has 1 aromatic carbocycles. The van der Waals surface area contributed by atoms with E-state index in [1.807, 2.05) is 12.1 Å². The molecule has 0 aliphatic heterocycles. The summed E-state index contributed by atoms with van der Waals surface area (Å²) in [7, 11) is 4.95. The Bertz CT molecular complexity index is 366. The third kappa shape index (κ3) is 3.11. The Morgan fingerprint density at radius 2 is 1.76 bits per heavy atom. The lowest BCUT2D eigenvalue weighted by Crippen LogP contribution is -2.11. The van der Waals surface area contributed by atoms with Gasteiger partial charge < -0.3 is 19.9 Å². The van der Waals surface area contributed by atoms with Crippen LogP contribution in [0.25, 0.3) is 0 Å². The van der Waals surface area contributed by atoms with Crippen molar-refractivity contribution >= 4 is 0 Å². The molecule has 1 atom stereocenters. The normalized spacial score (nSPS) is 12.3. The second-order valence-corrected chi connectivity index (χ2v) is 3.98. The molecule has 4 heteroatoms. The van der Waals surface area contributed by atoms with E-state index in [0.29, 0.717) is 13.2 Å². The van der Waals surface area contributed by atoms with Crippen LogP contribution in [0.2, 0.25) is 0 Å². The van der Waals surface area contributed by atoms with Crippen LogP contribution in [-0.4, -0.2) is 27.9 Å². The van der Waals surface area contributed by atoms with Gasteiger partial charge >= 0.3 is 0 Å². The molecule has 1 unspecified atom stereocenters. The summed E-state index contributed by atoms with van der Waals surface area (Å²) in [6.45, 7) is 3.16. The topological polar surface area (TPSA) is 53.7 Å². The molecular weight excluding hydrogens is 218 g/mol. The first-order chi connectivity index (χ1) is 8.17. The van der Waals surface area contributed by atoms with Crippen LogP contribution in [0, 0.1) is 0 Å². The second-order valence-electron chi connectivity index (χ2n) is 3.98. The van der Waals surface area contributed by atoms with Gasteiger partial charge in [-0.05, 0) is 24.1 Å². The standard InChI is InChI=1S/C13H21NO3/c1-9(7-14)11-5-10(8-15-2)12(16-3)6-13(11)17-4/h5-6,9H,7-8,14H2,1-4H3. The molecule has 17 heavy (non-hydrogen) atoms. The summed E-state index contributed by atoms with van der Waals surface area (Å²) in [6.07, 6.45) is 0. The number of rotatable bonds is 6. The van der Waals surface area contributed by atoms with Crippen molar-refractivity contribution < 1.29 is 14.2 Å². The molecule has 1 aromatic rings. The van der Waals surface area contributed by atoms with E-state index < -0.39 is 0 Å². The van der Waals surface area contributed by atoms with Crippen molar-refractivity contribution in [1.82, 2.24) is 0 Å². The molecule has 0 spiro atoms. The first kappa shape index (κ1) is 13.8. The minimum atomic E-state index is 0.242. The van der Waals surface area contributed by atoms with Crippen molar-refractivity contribution in [2.24, 2.45) is 5.73 Å². The molecule has 0 saturated heterocycles. The summed E-state index contributed by atoms with van der Waals surface area (Å²) < 4.78 is 15.8. The molecule has 2 N–H and O–H groups in total. The zero-order valence-corrected chi connectivity index (χ0v) is 10.9. The smallest absolute Gasteiger partial charge is 0.128 e. The van der Waals surface area contributed by atoms with Gasteiger partial charge in [0.1, 0.15) is 11.5 Å². The maximum Gasteiger partial charge on any atom is 0.128 e. The number of nitrogens with two attached hydrogens (primary N) is 1. The molecule has 4 nitrogen and oxygen atoms in total. The maximum absolute atomic E-state index is 5.70. The van der Waals surface area contributed by atoms with Gasteiger partial charge in [-0.2, -0.15) is 0 Å². The molecule has 0 aliphatic rings. The summed E-state index contributed by atoms with van der Waals surface area (Å²) >= 11 is 0. The Balaban J connectivity index is 3.23. The van der Waals surface area contributed by atoms with Crippen LogP contribution in [0.5, 0.6) is 11.5 Å². The third-order valence-corrected chi connectivity index (χ3v) is 2.82. The SMILES string of the molecule is COCc1cc(C(C)CN)c(OC)cc1OC. The van der Waals surface area contributed by atoms with Gasteiger partial charge in [-0.1, -0.05) is 6.92 Å². The van der Waals surface area contributed by atoms with Crippen LogP contribution >= 0.6 is 0 Å². The van der Waals surface area contributed by atoms with Crippen LogP contribution in [0.3, 0.4) is 0 Å². The Labute approximate surface area is 103 Å². The molecule has 0 amide bonds. The summed E-state index contributed by atoms with van der Waals surface area (Å²) in [5.41, 5.74) is 7.80. The molecule has 1 rings (SSSR count). The van der Waals surface area contributed by atoms with E-state index in [4.69, 9.17) is 19.9 Å². The Hall–Kier alpha value is -1.26. The second kappa shape index (κ2) is 6.47. The van der Waals surface area contributed by atoms with Crippen molar-refractivity contribution in [1.29, 1.82) is 0 Å². The van der Waals surface area contributed by atoms with E-state index in [-0.39, 0.29) is 5.92 Å². The minimum Gasteiger partial charge on any atom is -0.496 e. The average Bonchev–Trinajstić information content (AvgIpc) is 2.37. The van der Waals surface area contributed by atoms with E-state index in [2.05, 4.69) is 6.92 Å². The lowest BCUT2D eigenvalue weighted by Gasteiger charge is -2.18. The van der Waals surface area contributed by atoms with Gasteiger partial charge in [0, 0.05) is 18.7 Å². The summed E-state index contributed by atoms with van der Waals surface area (Å²) in [4.78, 5) is 0. The quantitative estimate of drug-likeness (QED) is 0.824. The Morgan fingerprint density at radius 3 is 2.24 bits per heavy atom. The van der Waals surface area contributed by atoms with Crippen molar-refractivity contribution in [3.63, 3.8) is 0 Å². The zero-order chi connectivity index (χ0) is 12.8. The fourth-order valence-corrected chi connectivity index (χ4v) is 1.77. The zero-order valence-electron chi connectivity index (χ0n) is 10.9. The number of hydrogen-bond donors (Lipinski definition) is 1. The largest absolute Gasteiger partial charge is 0.496 e. The molecule has 0 radical (unpaired) electrons. The Kier molecular flexibility index (Phi) is 5.25. The van der Waals surface area contributed by atoms with Gasteiger partial charge in [0.25, 0.3) is 0 Å². The monoisotopic (exact) mass is 239 g/mol. The minimum absolute atomic E-state index is 0.242. The molecule has 0 fully saturated rings. The number of ether oxygens (including phenoxy) is 3. The van der Waals surface area contributed by atoms with Crippen molar-refractivity contribution in [3.8, 4) is 11.5 Å². The van der Waals surface area contributed by atoms with E-state index in [1.54, 1.807) is 21.3 Å². The highest BCUT2D eigenvalue weighted by atomic mass is 16.5. The predicted molar refractivity (Wildman–Crippen MR) is 67.7 cm³/mol. The first-order valence-corrected chi connectivity index (χ1v) is 5.61. The highest BCUT2D eigenvalue weighted by Crippen LogP contribution is 2.33. The van der Waals surface area contributed by atoms with Crippen molar-refractivity contribution in [2.45, 2.75) is 19.4 Å². The molecule has 0 saturated carbocycles. The number of hydrogen-bond acceptors (Lipinski definition) is 4. The van der Waals surface area contributed by atoms with Gasteiger partial charge in [0.05, 0.1) is 20.8 Å². The molecular formula is C13H21NO3. The fourth-order valence-electron chi connectivity index (χ4n) is 1.77. The predicted octanol–water partition coefficient (Wildman–Crippen LogP) is 1.91. The molecule has 96 valence electrons. The lowest BCUT2D eigenvalue weighted by molar-refractivity contribution is 0.181. The van der Waals surface area contributed by atoms with Gasteiger partial charge in [0.15, 0.2) is 0 Å². The highest BCUT2D eigenvalue weighted by molar-refractivity contribution is 5.48. The maximum atomic E-state index is 5.70. The van der Waals surface area contributed by atoms with Gasteiger partial charge in [0.2, 0.25) is 0 Å². The van der Waals surface area contributed by atoms with Crippen LogP contribution < -0.4 is 15.2 Å². The van der Waals surface area contributed by atoms with Crippen LogP contribution in [0.1, 0.15) is 24.0 Å². The van der Waals surface area contributed by atoms with E-state index >= 15 is 0 Å². The summed E-state index contributed by atoms with van der Waals surface area (Å²) in [6, 6.07) is 3.93. The van der Waals surface area contributed by atoms with Gasteiger partial charge in [-0.15, -0.1) is 0 Å². The number of methoxy groups -OCH3 is 3. The van der Waals surface area contributed by atoms with Gasteiger partial charge in [-0.25, -0.2) is 0 Å². The van der Waals surface area contributed by atoms with E-state index in [0.717, 1.165) is 22.6 Å². The van der Waals surface area contributed by atoms with Crippen LogP contribution in [0.4, 0.5) is 0 Å². The molecule has 0 bridgehead atoms. The van der Waals surface area contributed by atoms with E-state index in [9.17, 15) is 0 Å². The van der Waals surface area contributed by atoms with Crippen LogP contribution in [-0.2, 0) is 11.3 Å². The lowest BCUT2D eigenvalue weighted by atomic mass is 9.97. The third-order valence-electron chi connectivity index (χ3n) is 2.82. The van der Waals surface area contributed by atoms with Crippen LogP contribution in [0.15, 0.2) is 12.1 Å². The molecule has 0 aliphatic carbocycles.